The number of hydrogen-bond donors (Lipinski definition) is 0. The lowest BCUT2D eigenvalue weighted by molar-refractivity contribution is -0.134. The summed E-state index contributed by atoms with van der Waals surface area (Å²) in [5.74, 6) is -1.87. The molecule has 0 N–H and O–H groups in total. The van der Waals surface area contributed by atoms with Crippen molar-refractivity contribution >= 4 is 23.3 Å². The fourth-order valence-electron chi connectivity index (χ4n) is 5.50. The molecule has 2 aromatic carbocycles. The van der Waals surface area contributed by atoms with Gasteiger partial charge in [-0.25, -0.2) is 4.90 Å². The molecule has 3 aliphatic carbocycles. The SMILES string of the molecule is CCc1cccc(C)c1N1C(=O)[C@@H]2[C@@H](C1=O)[C@H]1CC(=O)[C@@H]2c2ccccc21. The number of Topliss-reactive ketones (excluding diaryl/α,β-unsaturated/α-hetero) is 1. The summed E-state index contributed by atoms with van der Waals surface area (Å²) >= 11 is 0. The van der Waals surface area contributed by atoms with E-state index in [9.17, 15) is 14.4 Å². The first-order chi connectivity index (χ1) is 13.0. The van der Waals surface area contributed by atoms with Gasteiger partial charge in [0.1, 0.15) is 5.78 Å². The molecule has 2 amide bonds. The van der Waals surface area contributed by atoms with Crippen LogP contribution in [0.4, 0.5) is 5.69 Å². The second-order valence-electron chi connectivity index (χ2n) is 7.88. The van der Waals surface area contributed by atoms with Gasteiger partial charge in [-0.1, -0.05) is 49.4 Å². The number of ketones is 1. The van der Waals surface area contributed by atoms with Crippen molar-refractivity contribution in [3.63, 3.8) is 0 Å². The molecule has 0 aromatic heterocycles. The maximum atomic E-state index is 13.5. The summed E-state index contributed by atoms with van der Waals surface area (Å²) in [7, 11) is 0. The number of rotatable bonds is 2. The van der Waals surface area contributed by atoms with Crippen LogP contribution in [-0.2, 0) is 20.8 Å². The average molecular weight is 359 g/mol. The number of para-hydroxylation sites is 1. The highest BCUT2D eigenvalue weighted by Gasteiger charge is 2.62. The van der Waals surface area contributed by atoms with E-state index >= 15 is 0 Å². The molecule has 4 nitrogen and oxygen atoms in total. The Morgan fingerprint density at radius 3 is 2.37 bits per heavy atom. The minimum Gasteiger partial charge on any atom is -0.299 e. The molecule has 27 heavy (non-hydrogen) atoms. The first-order valence-corrected chi connectivity index (χ1v) is 9.62. The molecule has 0 spiro atoms. The highest BCUT2D eigenvalue weighted by molar-refractivity contribution is 6.25. The molecule has 1 aliphatic heterocycles. The van der Waals surface area contributed by atoms with Gasteiger partial charge < -0.3 is 0 Å². The Bertz CT molecular complexity index is 1010. The molecular formula is C23H21NO3. The van der Waals surface area contributed by atoms with Crippen LogP contribution in [0.25, 0.3) is 0 Å². The lowest BCUT2D eigenvalue weighted by Crippen LogP contribution is -2.44. The highest BCUT2D eigenvalue weighted by Crippen LogP contribution is 2.58. The molecule has 1 saturated heterocycles. The Morgan fingerprint density at radius 2 is 1.63 bits per heavy atom. The quantitative estimate of drug-likeness (QED) is 0.771. The molecule has 2 fully saturated rings. The van der Waals surface area contributed by atoms with E-state index in [1.807, 2.05) is 56.3 Å². The van der Waals surface area contributed by atoms with Gasteiger partial charge in [-0.3, -0.25) is 14.4 Å². The zero-order valence-electron chi connectivity index (χ0n) is 15.4. The molecule has 1 heterocycles. The number of amides is 2. The number of fused-ring (bicyclic) bond motifs is 1. The summed E-state index contributed by atoms with van der Waals surface area (Å²) in [5.41, 5.74) is 4.66. The summed E-state index contributed by atoms with van der Waals surface area (Å²) in [6, 6.07) is 13.7. The van der Waals surface area contributed by atoms with Gasteiger partial charge in [-0.2, -0.15) is 0 Å². The van der Waals surface area contributed by atoms with E-state index in [0.29, 0.717) is 6.42 Å². The van der Waals surface area contributed by atoms with Crippen LogP contribution in [0.15, 0.2) is 42.5 Å². The normalized spacial score (nSPS) is 28.5. The Labute approximate surface area is 158 Å². The molecule has 6 rings (SSSR count). The molecule has 4 heteroatoms. The number of hydrogen-bond acceptors (Lipinski definition) is 3. The lowest BCUT2D eigenvalue weighted by Gasteiger charge is -2.43. The number of carbonyl (C=O) groups is 3. The monoisotopic (exact) mass is 359 g/mol. The summed E-state index contributed by atoms with van der Waals surface area (Å²) in [4.78, 5) is 41.1. The van der Waals surface area contributed by atoms with E-state index in [4.69, 9.17) is 0 Å². The number of anilines is 1. The first-order valence-electron chi connectivity index (χ1n) is 9.62. The van der Waals surface area contributed by atoms with Gasteiger partial charge in [0.2, 0.25) is 11.8 Å². The van der Waals surface area contributed by atoms with Gasteiger partial charge >= 0.3 is 0 Å². The molecule has 0 unspecified atom stereocenters. The van der Waals surface area contributed by atoms with Crippen molar-refractivity contribution in [1.29, 1.82) is 0 Å². The van der Waals surface area contributed by atoms with Gasteiger partial charge in [0.25, 0.3) is 0 Å². The Hall–Kier alpha value is -2.75. The Kier molecular flexibility index (Phi) is 3.42. The van der Waals surface area contributed by atoms with Crippen LogP contribution < -0.4 is 4.90 Å². The van der Waals surface area contributed by atoms with Crippen LogP contribution in [-0.4, -0.2) is 17.6 Å². The molecule has 4 atom stereocenters. The third kappa shape index (κ3) is 2.01. The van der Waals surface area contributed by atoms with Gasteiger partial charge in [0, 0.05) is 12.3 Å². The summed E-state index contributed by atoms with van der Waals surface area (Å²) in [6.07, 6.45) is 1.11. The number of imide groups is 1. The Morgan fingerprint density at radius 1 is 0.926 bits per heavy atom. The fourth-order valence-corrected chi connectivity index (χ4v) is 5.50. The molecule has 0 radical (unpaired) electrons. The largest absolute Gasteiger partial charge is 0.299 e. The van der Waals surface area contributed by atoms with E-state index in [1.54, 1.807) is 0 Å². The molecule has 136 valence electrons. The topological polar surface area (TPSA) is 54.5 Å². The zero-order valence-corrected chi connectivity index (χ0v) is 15.4. The highest BCUT2D eigenvalue weighted by atomic mass is 16.2. The first kappa shape index (κ1) is 16.4. The van der Waals surface area contributed by atoms with Crippen molar-refractivity contribution in [2.45, 2.75) is 38.5 Å². The van der Waals surface area contributed by atoms with E-state index in [1.165, 1.54) is 4.90 Å². The summed E-state index contributed by atoms with van der Waals surface area (Å²) in [6.45, 7) is 3.96. The van der Waals surface area contributed by atoms with Gasteiger partial charge in [-0.15, -0.1) is 0 Å². The minimum absolute atomic E-state index is 0.100. The lowest BCUT2D eigenvalue weighted by atomic mass is 9.56. The molecule has 2 bridgehead atoms. The van der Waals surface area contributed by atoms with Crippen molar-refractivity contribution in [2.75, 3.05) is 4.90 Å². The molecule has 2 aromatic rings. The number of aryl methyl sites for hydroxylation is 2. The molecule has 4 aliphatic rings. The minimum atomic E-state index is -0.553. The van der Waals surface area contributed by atoms with Crippen LogP contribution in [0.2, 0.25) is 0 Å². The average Bonchev–Trinajstić information content (AvgIpc) is 2.93. The van der Waals surface area contributed by atoms with E-state index < -0.39 is 17.8 Å². The number of benzene rings is 2. The van der Waals surface area contributed by atoms with E-state index in [0.717, 1.165) is 34.4 Å². The van der Waals surface area contributed by atoms with Crippen molar-refractivity contribution in [3.8, 4) is 0 Å². The van der Waals surface area contributed by atoms with Crippen molar-refractivity contribution in [3.05, 3.63) is 64.7 Å². The smallest absolute Gasteiger partial charge is 0.238 e. The van der Waals surface area contributed by atoms with Crippen LogP contribution in [0.3, 0.4) is 0 Å². The van der Waals surface area contributed by atoms with Crippen molar-refractivity contribution in [2.24, 2.45) is 11.8 Å². The number of carbonyl (C=O) groups excluding carboxylic acids is 3. The second kappa shape index (κ2) is 5.62. The third-order valence-electron chi connectivity index (χ3n) is 6.61. The van der Waals surface area contributed by atoms with Crippen molar-refractivity contribution in [1.82, 2.24) is 0 Å². The predicted molar refractivity (Wildman–Crippen MR) is 102 cm³/mol. The fraction of sp³-hybridized carbons (Fsp3) is 0.348. The van der Waals surface area contributed by atoms with Crippen LogP contribution in [0, 0.1) is 18.8 Å². The zero-order chi connectivity index (χ0) is 18.9. The van der Waals surface area contributed by atoms with Crippen LogP contribution in [0.1, 0.15) is 47.4 Å². The predicted octanol–water partition coefficient (Wildman–Crippen LogP) is 3.52. The van der Waals surface area contributed by atoms with Gasteiger partial charge in [-0.05, 0) is 35.6 Å². The third-order valence-corrected chi connectivity index (χ3v) is 6.61. The van der Waals surface area contributed by atoms with E-state index in [2.05, 4.69) is 0 Å². The van der Waals surface area contributed by atoms with E-state index in [-0.39, 0.29) is 23.5 Å². The second-order valence-corrected chi connectivity index (χ2v) is 7.88. The van der Waals surface area contributed by atoms with Crippen LogP contribution in [0.5, 0.6) is 0 Å². The number of nitrogens with zero attached hydrogens (tertiary/aromatic N) is 1. The van der Waals surface area contributed by atoms with Crippen molar-refractivity contribution < 1.29 is 14.4 Å². The molecular weight excluding hydrogens is 338 g/mol. The van der Waals surface area contributed by atoms with Gasteiger partial charge in [0.15, 0.2) is 0 Å². The Balaban J connectivity index is 1.68. The summed E-state index contributed by atoms with van der Waals surface area (Å²) < 4.78 is 0. The summed E-state index contributed by atoms with van der Waals surface area (Å²) in [5, 5.41) is 0. The standard InChI is InChI=1S/C23H21NO3/c1-3-13-8-6-7-12(2)21(13)24-22(26)19-16-11-17(25)18(20(19)23(24)27)15-10-5-4-9-14(15)16/h4-10,16,18-20H,3,11H2,1-2H3/t16-,18-,19-,20-/m0/s1. The van der Waals surface area contributed by atoms with Crippen LogP contribution >= 0.6 is 0 Å². The molecule has 1 saturated carbocycles. The maximum Gasteiger partial charge on any atom is 0.238 e. The van der Waals surface area contributed by atoms with Gasteiger partial charge in [0.05, 0.1) is 23.4 Å². The maximum absolute atomic E-state index is 13.5.